The van der Waals surface area contributed by atoms with Crippen molar-refractivity contribution in [3.8, 4) is 22.5 Å². The van der Waals surface area contributed by atoms with Crippen molar-refractivity contribution in [2.75, 3.05) is 0 Å². The number of nitrogens with one attached hydrogen (secondary N) is 2. The van der Waals surface area contributed by atoms with Crippen LogP contribution in [0.4, 0.5) is 4.39 Å². The standard InChI is InChI=1S/C21H17FN4O/c22-19-12(2-1-7-23-19)15-8-14-11(10-24-15)3-4-13-17-16(25-18(13)14)9-21(5-6-21)26-20(17)27/h1-2,7-8,10,25H,3-6,9H2,(H,26,27). The Bertz CT molecular complexity index is 1130. The molecule has 3 aromatic heterocycles. The number of aromatic nitrogens is 3. The predicted molar refractivity (Wildman–Crippen MR) is 97.8 cm³/mol. The van der Waals surface area contributed by atoms with Gasteiger partial charge in [0.1, 0.15) is 0 Å². The monoisotopic (exact) mass is 360 g/mol. The van der Waals surface area contributed by atoms with E-state index in [1.165, 1.54) is 6.20 Å². The van der Waals surface area contributed by atoms with Crippen LogP contribution in [0.3, 0.4) is 0 Å². The summed E-state index contributed by atoms with van der Waals surface area (Å²) in [6.07, 6.45) is 7.86. The van der Waals surface area contributed by atoms with Crippen molar-refractivity contribution in [2.24, 2.45) is 0 Å². The molecule has 0 aromatic carbocycles. The first-order valence-electron chi connectivity index (χ1n) is 9.30. The number of aromatic amines is 1. The number of hydrogen-bond acceptors (Lipinski definition) is 3. The molecular formula is C21H17FN4O. The van der Waals surface area contributed by atoms with Gasteiger partial charge < -0.3 is 10.3 Å². The summed E-state index contributed by atoms with van der Waals surface area (Å²) in [7, 11) is 0. The number of aryl methyl sites for hydroxylation is 1. The van der Waals surface area contributed by atoms with Gasteiger partial charge in [-0.05, 0) is 55.0 Å². The fraction of sp³-hybridized carbons (Fsp3) is 0.286. The number of pyridine rings is 2. The van der Waals surface area contributed by atoms with Crippen molar-refractivity contribution in [3.05, 3.63) is 58.9 Å². The molecule has 3 aromatic rings. The highest BCUT2D eigenvalue weighted by atomic mass is 19.1. The lowest BCUT2D eigenvalue weighted by atomic mass is 9.87. The first-order valence-corrected chi connectivity index (χ1v) is 9.30. The molecule has 3 aliphatic rings. The number of halogens is 1. The van der Waals surface area contributed by atoms with E-state index >= 15 is 0 Å². The second-order valence-electron chi connectivity index (χ2n) is 7.81. The molecule has 1 amide bonds. The largest absolute Gasteiger partial charge is 0.357 e. The first kappa shape index (κ1) is 15.1. The topological polar surface area (TPSA) is 70.7 Å². The van der Waals surface area contributed by atoms with Crippen LogP contribution in [0.25, 0.3) is 22.5 Å². The van der Waals surface area contributed by atoms with Gasteiger partial charge in [-0.3, -0.25) is 9.78 Å². The van der Waals surface area contributed by atoms with E-state index in [0.29, 0.717) is 11.3 Å². The molecule has 4 heterocycles. The summed E-state index contributed by atoms with van der Waals surface area (Å²) < 4.78 is 14.1. The van der Waals surface area contributed by atoms with E-state index in [4.69, 9.17) is 0 Å². The predicted octanol–water partition coefficient (Wildman–Crippen LogP) is 3.19. The number of carbonyl (C=O) groups excluding carboxylic acids is 1. The number of nitrogens with zero attached hydrogens (tertiary/aromatic N) is 2. The van der Waals surface area contributed by atoms with Gasteiger partial charge in [0.15, 0.2) is 0 Å². The van der Waals surface area contributed by atoms with Crippen molar-refractivity contribution in [2.45, 2.75) is 37.6 Å². The summed E-state index contributed by atoms with van der Waals surface area (Å²) in [5.41, 5.74) is 6.98. The quantitative estimate of drug-likeness (QED) is 0.655. The van der Waals surface area contributed by atoms with Gasteiger partial charge in [0.05, 0.1) is 22.5 Å². The summed E-state index contributed by atoms with van der Waals surface area (Å²) in [5, 5.41) is 3.20. The minimum atomic E-state index is -0.526. The highest BCUT2D eigenvalue weighted by Gasteiger charge is 2.49. The van der Waals surface area contributed by atoms with Crippen LogP contribution in [-0.4, -0.2) is 26.4 Å². The maximum Gasteiger partial charge on any atom is 0.253 e. The lowest BCUT2D eigenvalue weighted by molar-refractivity contribution is 0.0917. The van der Waals surface area contributed by atoms with Crippen molar-refractivity contribution < 1.29 is 9.18 Å². The Hall–Kier alpha value is -3.02. The van der Waals surface area contributed by atoms with E-state index in [0.717, 1.165) is 65.7 Å². The van der Waals surface area contributed by atoms with E-state index in [9.17, 15) is 9.18 Å². The van der Waals surface area contributed by atoms with Gasteiger partial charge in [0.2, 0.25) is 5.95 Å². The van der Waals surface area contributed by atoms with E-state index in [1.54, 1.807) is 12.1 Å². The second kappa shape index (κ2) is 5.03. The summed E-state index contributed by atoms with van der Waals surface area (Å²) in [6.45, 7) is 0. The van der Waals surface area contributed by atoms with Gasteiger partial charge in [0.25, 0.3) is 5.91 Å². The van der Waals surface area contributed by atoms with E-state index in [1.807, 2.05) is 12.3 Å². The third kappa shape index (κ3) is 2.13. The van der Waals surface area contributed by atoms with Gasteiger partial charge in [-0.15, -0.1) is 0 Å². The van der Waals surface area contributed by atoms with E-state index in [2.05, 4.69) is 20.3 Å². The average Bonchev–Trinajstić information content (AvgIpc) is 3.28. The van der Waals surface area contributed by atoms with Gasteiger partial charge in [0, 0.05) is 35.6 Å². The molecule has 0 saturated heterocycles. The van der Waals surface area contributed by atoms with Gasteiger partial charge in [-0.2, -0.15) is 4.39 Å². The van der Waals surface area contributed by atoms with Crippen molar-refractivity contribution >= 4 is 5.91 Å². The van der Waals surface area contributed by atoms with Crippen LogP contribution in [-0.2, 0) is 19.3 Å². The highest BCUT2D eigenvalue weighted by Crippen LogP contribution is 2.45. The SMILES string of the molecule is O=C1NC2(CC2)Cc2[nH]c3c(c21)CCc1cnc(-c2cccnc2F)cc1-3. The molecule has 6 heteroatoms. The zero-order chi connectivity index (χ0) is 18.2. The molecule has 1 fully saturated rings. The van der Waals surface area contributed by atoms with Crippen LogP contribution in [0.5, 0.6) is 0 Å². The van der Waals surface area contributed by atoms with Gasteiger partial charge in [-0.25, -0.2) is 4.98 Å². The van der Waals surface area contributed by atoms with Crippen LogP contribution in [0.15, 0.2) is 30.6 Å². The molecule has 27 heavy (non-hydrogen) atoms. The summed E-state index contributed by atoms with van der Waals surface area (Å²) in [6, 6.07) is 5.31. The van der Waals surface area contributed by atoms with Crippen LogP contribution in [0.1, 0.15) is 40.0 Å². The maximum atomic E-state index is 14.1. The number of rotatable bonds is 1. The fourth-order valence-electron chi connectivity index (χ4n) is 4.52. The molecule has 1 spiro atoms. The Labute approximate surface area is 155 Å². The van der Waals surface area contributed by atoms with E-state index in [-0.39, 0.29) is 11.4 Å². The molecule has 1 aliphatic heterocycles. The number of amides is 1. The molecule has 0 atom stereocenters. The van der Waals surface area contributed by atoms with Crippen molar-refractivity contribution in [1.29, 1.82) is 0 Å². The lowest BCUT2D eigenvalue weighted by Gasteiger charge is -2.24. The Kier molecular flexibility index (Phi) is 2.81. The van der Waals surface area contributed by atoms with Crippen LogP contribution >= 0.6 is 0 Å². The molecular weight excluding hydrogens is 343 g/mol. The number of fused-ring (bicyclic) bond motifs is 5. The molecule has 0 unspecified atom stereocenters. The van der Waals surface area contributed by atoms with E-state index < -0.39 is 5.95 Å². The third-order valence-electron chi connectivity index (χ3n) is 6.09. The Balaban J connectivity index is 1.52. The summed E-state index contributed by atoms with van der Waals surface area (Å²) >= 11 is 0. The van der Waals surface area contributed by atoms with Gasteiger partial charge >= 0.3 is 0 Å². The zero-order valence-electron chi connectivity index (χ0n) is 14.6. The average molecular weight is 360 g/mol. The molecule has 6 rings (SSSR count). The Morgan fingerprint density at radius 1 is 1.15 bits per heavy atom. The zero-order valence-corrected chi connectivity index (χ0v) is 14.6. The third-order valence-corrected chi connectivity index (χ3v) is 6.09. The number of hydrogen-bond donors (Lipinski definition) is 2. The minimum absolute atomic E-state index is 0.0252. The molecule has 2 N–H and O–H groups in total. The van der Waals surface area contributed by atoms with Crippen LogP contribution in [0, 0.1) is 5.95 Å². The summed E-state index contributed by atoms with van der Waals surface area (Å²) in [5.74, 6) is -0.482. The molecule has 0 bridgehead atoms. The fourth-order valence-corrected chi connectivity index (χ4v) is 4.52. The normalized spacial score (nSPS) is 18.5. The lowest BCUT2D eigenvalue weighted by Crippen LogP contribution is -2.43. The van der Waals surface area contributed by atoms with Crippen molar-refractivity contribution in [1.82, 2.24) is 20.3 Å². The summed E-state index contributed by atoms with van der Waals surface area (Å²) in [4.78, 5) is 24.4. The van der Waals surface area contributed by atoms with Gasteiger partial charge in [-0.1, -0.05) is 0 Å². The van der Waals surface area contributed by atoms with Crippen LogP contribution in [0.2, 0.25) is 0 Å². The molecule has 0 radical (unpaired) electrons. The first-order chi connectivity index (χ1) is 13.1. The molecule has 2 aliphatic carbocycles. The maximum absolute atomic E-state index is 14.1. The molecule has 1 saturated carbocycles. The number of H-pyrrole nitrogens is 1. The second-order valence-corrected chi connectivity index (χ2v) is 7.81. The minimum Gasteiger partial charge on any atom is -0.357 e. The Morgan fingerprint density at radius 3 is 2.85 bits per heavy atom. The molecule has 5 nitrogen and oxygen atoms in total. The Morgan fingerprint density at radius 2 is 2.04 bits per heavy atom. The smallest absolute Gasteiger partial charge is 0.253 e. The van der Waals surface area contributed by atoms with Crippen molar-refractivity contribution in [3.63, 3.8) is 0 Å². The number of carbonyl (C=O) groups is 1. The highest BCUT2D eigenvalue weighted by molar-refractivity contribution is 6.01. The van der Waals surface area contributed by atoms with Crippen LogP contribution < -0.4 is 5.32 Å². The molecule has 134 valence electrons.